The molecule has 100 valence electrons. The average molecular weight is 240 g/mol. The molecule has 2 atom stereocenters. The first kappa shape index (κ1) is 13.3. The van der Waals surface area contributed by atoms with E-state index in [9.17, 15) is 0 Å². The lowest BCUT2D eigenvalue weighted by molar-refractivity contribution is -0.0223. The monoisotopic (exact) mass is 240 g/mol. The van der Waals surface area contributed by atoms with Gasteiger partial charge < -0.3 is 15.0 Å². The highest BCUT2D eigenvalue weighted by Gasteiger charge is 2.32. The molecule has 0 radical (unpaired) electrons. The molecule has 1 aliphatic heterocycles. The van der Waals surface area contributed by atoms with Gasteiger partial charge in [0.25, 0.3) is 0 Å². The Hall–Kier alpha value is -0.120. The van der Waals surface area contributed by atoms with Gasteiger partial charge in [0, 0.05) is 25.7 Å². The summed E-state index contributed by atoms with van der Waals surface area (Å²) in [5, 5.41) is 3.75. The van der Waals surface area contributed by atoms with Crippen LogP contribution in [0.1, 0.15) is 39.5 Å². The van der Waals surface area contributed by atoms with E-state index in [4.69, 9.17) is 4.74 Å². The van der Waals surface area contributed by atoms with Crippen LogP contribution in [0.5, 0.6) is 0 Å². The molecule has 17 heavy (non-hydrogen) atoms. The lowest BCUT2D eigenvalue weighted by Gasteiger charge is -2.40. The quantitative estimate of drug-likeness (QED) is 0.815. The van der Waals surface area contributed by atoms with Crippen molar-refractivity contribution in [2.24, 2.45) is 5.41 Å². The maximum absolute atomic E-state index is 5.80. The molecule has 1 saturated heterocycles. The molecule has 1 N–H and O–H groups in total. The molecule has 3 nitrogen and oxygen atoms in total. The van der Waals surface area contributed by atoms with Crippen molar-refractivity contribution in [2.45, 2.75) is 51.7 Å². The highest BCUT2D eigenvalue weighted by molar-refractivity contribution is 4.88. The van der Waals surface area contributed by atoms with Crippen molar-refractivity contribution in [1.29, 1.82) is 0 Å². The number of ether oxygens (including phenoxy) is 1. The summed E-state index contributed by atoms with van der Waals surface area (Å²) < 4.78 is 5.80. The van der Waals surface area contributed by atoms with Crippen LogP contribution in [0.25, 0.3) is 0 Å². The first-order chi connectivity index (χ1) is 8.08. The SMILES string of the molecule is CN1CCOC(CNC2CCCCC2(C)C)C1. The fraction of sp³-hybridized carbons (Fsp3) is 1.00. The van der Waals surface area contributed by atoms with Gasteiger partial charge in [-0.05, 0) is 25.3 Å². The van der Waals surface area contributed by atoms with Crippen LogP contribution in [0.2, 0.25) is 0 Å². The molecule has 2 fully saturated rings. The van der Waals surface area contributed by atoms with Gasteiger partial charge in [-0.2, -0.15) is 0 Å². The van der Waals surface area contributed by atoms with Crippen LogP contribution in [-0.4, -0.2) is 50.3 Å². The zero-order chi connectivity index (χ0) is 12.3. The van der Waals surface area contributed by atoms with Gasteiger partial charge in [0.05, 0.1) is 12.7 Å². The Morgan fingerprint density at radius 2 is 2.18 bits per heavy atom. The molecule has 1 saturated carbocycles. The van der Waals surface area contributed by atoms with E-state index in [2.05, 4.69) is 31.1 Å². The number of likely N-dealkylation sites (N-methyl/N-ethyl adjacent to an activating group) is 1. The third-order valence-electron chi connectivity index (χ3n) is 4.44. The Labute approximate surface area is 106 Å². The molecule has 1 aliphatic carbocycles. The molecular formula is C14H28N2O. The standard InChI is InChI=1S/C14H28N2O/c1-14(2)7-5-4-6-13(14)15-10-12-11-16(3)8-9-17-12/h12-13,15H,4-11H2,1-3H3. The normalized spacial score (nSPS) is 34.8. The zero-order valence-electron chi connectivity index (χ0n) is 11.7. The van der Waals surface area contributed by atoms with E-state index in [-0.39, 0.29) is 0 Å². The second-order valence-corrected chi connectivity index (χ2v) is 6.45. The Balaban J connectivity index is 1.76. The van der Waals surface area contributed by atoms with E-state index < -0.39 is 0 Å². The minimum Gasteiger partial charge on any atom is -0.374 e. The van der Waals surface area contributed by atoms with Gasteiger partial charge in [-0.15, -0.1) is 0 Å². The fourth-order valence-corrected chi connectivity index (χ4v) is 3.14. The highest BCUT2D eigenvalue weighted by Crippen LogP contribution is 2.35. The molecule has 2 unspecified atom stereocenters. The highest BCUT2D eigenvalue weighted by atomic mass is 16.5. The maximum atomic E-state index is 5.80. The van der Waals surface area contributed by atoms with E-state index in [1.165, 1.54) is 25.7 Å². The smallest absolute Gasteiger partial charge is 0.0826 e. The molecule has 2 aliphatic rings. The molecule has 0 spiro atoms. The van der Waals surface area contributed by atoms with Gasteiger partial charge in [0.15, 0.2) is 0 Å². The van der Waals surface area contributed by atoms with Crippen molar-refractivity contribution in [3.8, 4) is 0 Å². The second-order valence-electron chi connectivity index (χ2n) is 6.45. The topological polar surface area (TPSA) is 24.5 Å². The van der Waals surface area contributed by atoms with E-state index in [1.807, 2.05) is 0 Å². The van der Waals surface area contributed by atoms with Crippen LogP contribution in [0, 0.1) is 5.41 Å². The van der Waals surface area contributed by atoms with Gasteiger partial charge >= 0.3 is 0 Å². The molecule has 1 heterocycles. The van der Waals surface area contributed by atoms with Crippen LogP contribution in [0.15, 0.2) is 0 Å². The molecule has 3 heteroatoms. The summed E-state index contributed by atoms with van der Waals surface area (Å²) in [6.45, 7) is 8.84. The summed E-state index contributed by atoms with van der Waals surface area (Å²) in [5.41, 5.74) is 0.457. The van der Waals surface area contributed by atoms with Crippen molar-refractivity contribution >= 4 is 0 Å². The van der Waals surface area contributed by atoms with Gasteiger partial charge in [0.1, 0.15) is 0 Å². The van der Waals surface area contributed by atoms with Crippen molar-refractivity contribution in [1.82, 2.24) is 10.2 Å². The predicted octanol–water partition coefficient (Wildman–Crippen LogP) is 1.88. The van der Waals surface area contributed by atoms with E-state index >= 15 is 0 Å². The van der Waals surface area contributed by atoms with Crippen molar-refractivity contribution in [3.63, 3.8) is 0 Å². The fourth-order valence-electron chi connectivity index (χ4n) is 3.14. The molecule has 0 aromatic rings. The summed E-state index contributed by atoms with van der Waals surface area (Å²) in [6.07, 6.45) is 5.85. The minimum absolute atomic E-state index is 0.381. The third-order valence-corrected chi connectivity index (χ3v) is 4.44. The van der Waals surface area contributed by atoms with E-state index in [0.717, 1.165) is 26.2 Å². The number of hydrogen-bond acceptors (Lipinski definition) is 3. The van der Waals surface area contributed by atoms with Crippen LogP contribution < -0.4 is 5.32 Å². The van der Waals surface area contributed by atoms with Gasteiger partial charge in [-0.3, -0.25) is 0 Å². The van der Waals surface area contributed by atoms with Gasteiger partial charge in [0.2, 0.25) is 0 Å². The Morgan fingerprint density at radius 3 is 2.88 bits per heavy atom. The molecule has 0 aromatic heterocycles. The summed E-state index contributed by atoms with van der Waals surface area (Å²) in [5.74, 6) is 0. The molecule has 0 aromatic carbocycles. The summed E-state index contributed by atoms with van der Waals surface area (Å²) in [4.78, 5) is 2.36. The summed E-state index contributed by atoms with van der Waals surface area (Å²) in [7, 11) is 2.18. The second kappa shape index (κ2) is 5.68. The third kappa shape index (κ3) is 3.67. The number of morpholine rings is 1. The largest absolute Gasteiger partial charge is 0.374 e. The average Bonchev–Trinajstić information content (AvgIpc) is 2.27. The van der Waals surface area contributed by atoms with Gasteiger partial charge in [-0.1, -0.05) is 26.7 Å². The first-order valence-corrected chi connectivity index (χ1v) is 7.11. The van der Waals surface area contributed by atoms with Crippen molar-refractivity contribution in [3.05, 3.63) is 0 Å². The molecule has 0 amide bonds. The minimum atomic E-state index is 0.381. The van der Waals surface area contributed by atoms with Crippen LogP contribution in [-0.2, 0) is 4.74 Å². The summed E-state index contributed by atoms with van der Waals surface area (Å²) in [6, 6.07) is 0.673. The first-order valence-electron chi connectivity index (χ1n) is 7.11. The Morgan fingerprint density at radius 1 is 1.35 bits per heavy atom. The van der Waals surface area contributed by atoms with Gasteiger partial charge in [-0.25, -0.2) is 0 Å². The van der Waals surface area contributed by atoms with Crippen LogP contribution in [0.3, 0.4) is 0 Å². The van der Waals surface area contributed by atoms with E-state index in [1.54, 1.807) is 0 Å². The maximum Gasteiger partial charge on any atom is 0.0826 e. The lowest BCUT2D eigenvalue weighted by Crippen LogP contribution is -2.50. The van der Waals surface area contributed by atoms with Crippen molar-refractivity contribution < 1.29 is 4.74 Å². The molecule has 0 bridgehead atoms. The number of nitrogens with one attached hydrogen (secondary N) is 1. The zero-order valence-corrected chi connectivity index (χ0v) is 11.7. The van der Waals surface area contributed by atoms with Crippen LogP contribution in [0.4, 0.5) is 0 Å². The number of hydrogen-bond donors (Lipinski definition) is 1. The Kier molecular flexibility index (Phi) is 4.45. The molecular weight excluding hydrogens is 212 g/mol. The van der Waals surface area contributed by atoms with Crippen LogP contribution >= 0.6 is 0 Å². The number of rotatable bonds is 3. The van der Waals surface area contributed by atoms with Crippen molar-refractivity contribution in [2.75, 3.05) is 33.3 Å². The molecule has 2 rings (SSSR count). The summed E-state index contributed by atoms with van der Waals surface area (Å²) >= 11 is 0. The van der Waals surface area contributed by atoms with E-state index in [0.29, 0.717) is 17.6 Å². The lowest BCUT2D eigenvalue weighted by atomic mass is 9.73. The number of nitrogens with zero attached hydrogens (tertiary/aromatic N) is 1. The predicted molar refractivity (Wildman–Crippen MR) is 71.3 cm³/mol. The Bertz CT molecular complexity index is 242.